The summed E-state index contributed by atoms with van der Waals surface area (Å²) < 4.78 is 4.85. The molecule has 0 fully saturated rings. The van der Waals surface area contributed by atoms with Crippen molar-refractivity contribution >= 4 is 23.8 Å². The lowest BCUT2D eigenvalue weighted by molar-refractivity contribution is 0.205. The zero-order valence-corrected chi connectivity index (χ0v) is 9.30. The van der Waals surface area contributed by atoms with Gasteiger partial charge < -0.3 is 10.5 Å². The summed E-state index contributed by atoms with van der Waals surface area (Å²) in [6.07, 6.45) is 0.791. The average Bonchev–Trinajstić information content (AvgIpc) is 2.01. The van der Waals surface area contributed by atoms with E-state index in [1.54, 1.807) is 18.0 Å². The SMILES string of the molecule is CC(C)(C)C1SC=CN=C1OC(N)=O. The molecule has 0 spiro atoms. The molecule has 0 aromatic heterocycles. The minimum atomic E-state index is -0.811. The van der Waals surface area contributed by atoms with Crippen molar-refractivity contribution in [2.45, 2.75) is 26.0 Å². The summed E-state index contributed by atoms with van der Waals surface area (Å²) in [5.74, 6) is 0.387. The fourth-order valence-corrected chi connectivity index (χ4v) is 2.02. The van der Waals surface area contributed by atoms with Gasteiger partial charge in [0, 0.05) is 6.20 Å². The van der Waals surface area contributed by atoms with Crippen LogP contribution in [0, 0.1) is 5.41 Å². The van der Waals surface area contributed by atoms with Gasteiger partial charge in [0.25, 0.3) is 0 Å². The Morgan fingerprint density at radius 2 is 2.29 bits per heavy atom. The molecule has 0 radical (unpaired) electrons. The van der Waals surface area contributed by atoms with Crippen molar-refractivity contribution in [1.82, 2.24) is 0 Å². The van der Waals surface area contributed by atoms with E-state index < -0.39 is 6.09 Å². The molecule has 1 rings (SSSR count). The van der Waals surface area contributed by atoms with Gasteiger partial charge in [0.1, 0.15) is 0 Å². The number of nitrogens with zero attached hydrogens (tertiary/aromatic N) is 1. The number of ether oxygens (including phenoxy) is 1. The molecular formula is C9H14N2O2S. The minimum absolute atomic E-state index is 0.0241. The van der Waals surface area contributed by atoms with Gasteiger partial charge in [0.05, 0.1) is 5.25 Å². The molecule has 0 aromatic carbocycles. The lowest BCUT2D eigenvalue weighted by Crippen LogP contribution is -2.36. The third-order valence-corrected chi connectivity index (χ3v) is 3.15. The quantitative estimate of drug-likeness (QED) is 0.671. The van der Waals surface area contributed by atoms with Crippen molar-refractivity contribution in [1.29, 1.82) is 0 Å². The first-order valence-corrected chi connectivity index (χ1v) is 5.21. The number of hydrogen-bond donors (Lipinski definition) is 1. The van der Waals surface area contributed by atoms with E-state index in [2.05, 4.69) is 25.8 Å². The van der Waals surface area contributed by atoms with Crippen LogP contribution in [0.4, 0.5) is 4.79 Å². The van der Waals surface area contributed by atoms with Gasteiger partial charge in [-0.2, -0.15) is 0 Å². The molecule has 0 aromatic rings. The zero-order chi connectivity index (χ0) is 10.8. The first-order valence-electron chi connectivity index (χ1n) is 4.26. The van der Waals surface area contributed by atoms with Gasteiger partial charge in [-0.1, -0.05) is 20.8 Å². The van der Waals surface area contributed by atoms with Gasteiger partial charge in [-0.05, 0) is 10.8 Å². The van der Waals surface area contributed by atoms with Crippen molar-refractivity contribution in [2.75, 3.05) is 0 Å². The molecule has 0 saturated heterocycles. The molecule has 2 N–H and O–H groups in total. The summed E-state index contributed by atoms with van der Waals surface area (Å²) in [5, 5.41) is 1.91. The van der Waals surface area contributed by atoms with Crippen LogP contribution in [0.3, 0.4) is 0 Å². The summed E-state index contributed by atoms with van der Waals surface area (Å²) in [6.45, 7) is 6.18. The van der Waals surface area contributed by atoms with E-state index in [1.165, 1.54) is 0 Å². The van der Waals surface area contributed by atoms with Crippen LogP contribution >= 0.6 is 11.8 Å². The standard InChI is InChI=1S/C9H14N2O2S/c1-9(2,3)6-7(13-8(10)12)11-4-5-14-6/h4-6H,1-3H3,(H2,10,12). The molecule has 0 saturated carbocycles. The van der Waals surface area contributed by atoms with Crippen molar-refractivity contribution in [3.05, 3.63) is 11.6 Å². The van der Waals surface area contributed by atoms with Gasteiger partial charge >= 0.3 is 6.09 Å². The molecule has 1 aliphatic heterocycles. The number of aliphatic imine (C=N–C) groups is 1. The first-order chi connectivity index (χ1) is 6.41. The second kappa shape index (κ2) is 4.04. The van der Waals surface area contributed by atoms with Gasteiger partial charge in [-0.25, -0.2) is 9.79 Å². The molecule has 14 heavy (non-hydrogen) atoms. The molecule has 0 bridgehead atoms. The first kappa shape index (κ1) is 11.1. The van der Waals surface area contributed by atoms with Crippen LogP contribution in [0.5, 0.6) is 0 Å². The smallest absolute Gasteiger partial charge is 0.394 e. The monoisotopic (exact) mass is 214 g/mol. The number of carbonyl (C=O) groups is 1. The highest BCUT2D eigenvalue weighted by Gasteiger charge is 2.32. The second-order valence-electron chi connectivity index (χ2n) is 4.06. The molecule has 1 unspecified atom stereocenters. The summed E-state index contributed by atoms with van der Waals surface area (Å²) in [4.78, 5) is 14.6. The van der Waals surface area contributed by atoms with Crippen LogP contribution in [-0.4, -0.2) is 17.2 Å². The second-order valence-corrected chi connectivity index (χ2v) is 5.07. The van der Waals surface area contributed by atoms with Crippen molar-refractivity contribution in [2.24, 2.45) is 16.1 Å². The Bertz CT molecular complexity index is 292. The predicted molar refractivity (Wildman–Crippen MR) is 58.1 cm³/mol. The average molecular weight is 214 g/mol. The molecule has 1 amide bonds. The molecule has 5 heteroatoms. The number of nitrogens with two attached hydrogens (primary N) is 1. The minimum Gasteiger partial charge on any atom is -0.394 e. The van der Waals surface area contributed by atoms with E-state index >= 15 is 0 Å². The Kier molecular flexibility index (Phi) is 3.21. The van der Waals surface area contributed by atoms with Crippen LogP contribution in [-0.2, 0) is 4.74 Å². The Morgan fingerprint density at radius 1 is 1.64 bits per heavy atom. The van der Waals surface area contributed by atoms with Gasteiger partial charge in [-0.15, -0.1) is 11.8 Å². The molecule has 78 valence electrons. The maximum Gasteiger partial charge on any atom is 0.411 e. The number of hydrogen-bond acceptors (Lipinski definition) is 4. The Morgan fingerprint density at radius 3 is 2.79 bits per heavy atom. The van der Waals surface area contributed by atoms with Crippen LogP contribution in [0.1, 0.15) is 20.8 Å². The largest absolute Gasteiger partial charge is 0.411 e. The fraction of sp³-hybridized carbons (Fsp3) is 0.556. The van der Waals surface area contributed by atoms with E-state index in [0.717, 1.165) is 0 Å². The number of amides is 1. The lowest BCUT2D eigenvalue weighted by Gasteiger charge is -2.30. The van der Waals surface area contributed by atoms with Crippen LogP contribution in [0.15, 0.2) is 16.6 Å². The number of thioether (sulfide) groups is 1. The summed E-state index contributed by atoms with van der Waals surface area (Å²) >= 11 is 1.58. The molecule has 0 aliphatic carbocycles. The van der Waals surface area contributed by atoms with E-state index in [0.29, 0.717) is 5.90 Å². The van der Waals surface area contributed by atoms with Crippen LogP contribution in [0.25, 0.3) is 0 Å². The number of carbonyl (C=O) groups excluding carboxylic acids is 1. The Labute approximate surface area is 87.6 Å². The van der Waals surface area contributed by atoms with E-state index in [-0.39, 0.29) is 10.7 Å². The highest BCUT2D eigenvalue weighted by molar-refractivity contribution is 8.03. The Hall–Kier alpha value is -0.970. The third-order valence-electron chi connectivity index (χ3n) is 1.69. The third kappa shape index (κ3) is 2.77. The molecule has 1 aliphatic rings. The zero-order valence-electron chi connectivity index (χ0n) is 8.48. The van der Waals surface area contributed by atoms with Gasteiger partial charge in [0.2, 0.25) is 5.90 Å². The highest BCUT2D eigenvalue weighted by atomic mass is 32.2. The normalized spacial score (nSPS) is 21.6. The van der Waals surface area contributed by atoms with Crippen molar-refractivity contribution < 1.29 is 9.53 Å². The van der Waals surface area contributed by atoms with E-state index in [9.17, 15) is 4.79 Å². The summed E-state index contributed by atoms with van der Waals surface area (Å²) in [7, 11) is 0. The van der Waals surface area contributed by atoms with Crippen LogP contribution in [0.2, 0.25) is 0 Å². The molecule has 4 nitrogen and oxygen atoms in total. The summed E-state index contributed by atoms with van der Waals surface area (Å²) in [5.41, 5.74) is 4.93. The maximum absolute atomic E-state index is 10.6. The Balaban J connectivity index is 2.82. The highest BCUT2D eigenvalue weighted by Crippen LogP contribution is 2.34. The number of primary amides is 1. The maximum atomic E-state index is 10.6. The van der Waals surface area contributed by atoms with E-state index in [4.69, 9.17) is 10.5 Å². The predicted octanol–water partition coefficient (Wildman–Crippen LogP) is 2.11. The van der Waals surface area contributed by atoms with Crippen molar-refractivity contribution in [3.8, 4) is 0 Å². The van der Waals surface area contributed by atoms with E-state index in [1.807, 2.05) is 5.41 Å². The topological polar surface area (TPSA) is 64.7 Å². The lowest BCUT2D eigenvalue weighted by atomic mass is 9.91. The fourth-order valence-electron chi connectivity index (χ4n) is 1.10. The van der Waals surface area contributed by atoms with Crippen molar-refractivity contribution in [3.63, 3.8) is 0 Å². The number of rotatable bonds is 0. The van der Waals surface area contributed by atoms with Crippen LogP contribution < -0.4 is 5.73 Å². The van der Waals surface area contributed by atoms with Gasteiger partial charge in [-0.3, -0.25) is 0 Å². The molecule has 1 atom stereocenters. The molecular weight excluding hydrogens is 200 g/mol. The summed E-state index contributed by atoms with van der Waals surface area (Å²) in [6, 6.07) is 0. The van der Waals surface area contributed by atoms with Gasteiger partial charge in [0.15, 0.2) is 0 Å². The molecule has 1 heterocycles.